The van der Waals surface area contributed by atoms with E-state index in [4.69, 9.17) is 4.43 Å². The number of hydrogen-bond donors (Lipinski definition) is 0. The van der Waals surface area contributed by atoms with Crippen LogP contribution in [0.5, 0.6) is 0 Å². The Morgan fingerprint density at radius 1 is 1.04 bits per heavy atom. The highest BCUT2D eigenvalue weighted by Crippen LogP contribution is 2.36. The van der Waals surface area contributed by atoms with Gasteiger partial charge in [0.2, 0.25) is 0 Å². The van der Waals surface area contributed by atoms with Gasteiger partial charge in [0.25, 0.3) is 0 Å². The van der Waals surface area contributed by atoms with Gasteiger partial charge in [0, 0.05) is 18.5 Å². The molecule has 0 aliphatic rings. The lowest BCUT2D eigenvalue weighted by atomic mass is 10.2. The van der Waals surface area contributed by atoms with Crippen molar-refractivity contribution in [2.45, 2.75) is 58.3 Å². The number of benzene rings is 1. The fourth-order valence-electron chi connectivity index (χ4n) is 2.80. The lowest BCUT2D eigenvalue weighted by molar-refractivity contribution is 0.276. The maximum atomic E-state index is 6.28. The summed E-state index contributed by atoms with van der Waals surface area (Å²) >= 11 is 0. The fraction of sp³-hybridized carbons (Fsp3) is 0.500. The maximum Gasteiger partial charge on any atom is 0.191 e. The quantitative estimate of drug-likeness (QED) is 0.440. The average Bonchev–Trinajstić information content (AvgIpc) is 2.97. The molecule has 4 nitrogen and oxygen atoms in total. The molecule has 0 aliphatic carbocycles. The molecule has 0 atom stereocenters. The molecule has 134 valence electrons. The lowest BCUT2D eigenvalue weighted by Crippen LogP contribution is -2.40. The molecular formula is C20H29N3OSi. The van der Waals surface area contributed by atoms with Crippen molar-refractivity contribution in [1.82, 2.24) is 14.5 Å². The van der Waals surface area contributed by atoms with Crippen LogP contribution in [0.4, 0.5) is 0 Å². The van der Waals surface area contributed by atoms with Crippen LogP contribution >= 0.6 is 0 Å². The number of aryl methyl sites for hydroxylation is 1. The van der Waals surface area contributed by atoms with E-state index in [2.05, 4.69) is 66.6 Å². The van der Waals surface area contributed by atoms with Crippen molar-refractivity contribution < 1.29 is 4.43 Å². The molecule has 0 bridgehead atoms. The van der Waals surface area contributed by atoms with E-state index in [9.17, 15) is 0 Å². The van der Waals surface area contributed by atoms with E-state index in [-0.39, 0.29) is 5.04 Å². The van der Waals surface area contributed by atoms with Crippen LogP contribution in [0.25, 0.3) is 21.9 Å². The SMILES string of the molecule is CC(C)(C)[Si](C)(C)OCCCCn1cnc2cnc3ccccc3c21. The molecule has 2 aromatic heterocycles. The Kier molecular flexibility index (Phi) is 4.98. The first kappa shape index (κ1) is 18.1. The Labute approximate surface area is 151 Å². The summed E-state index contributed by atoms with van der Waals surface area (Å²) in [5.41, 5.74) is 3.19. The number of imidazole rings is 1. The van der Waals surface area contributed by atoms with Crippen molar-refractivity contribution in [3.8, 4) is 0 Å². The first-order valence-electron chi connectivity index (χ1n) is 9.12. The van der Waals surface area contributed by atoms with Gasteiger partial charge in [0.15, 0.2) is 8.32 Å². The topological polar surface area (TPSA) is 39.9 Å². The number of unbranched alkanes of at least 4 members (excludes halogenated alkanes) is 1. The zero-order valence-corrected chi connectivity index (χ0v) is 17.0. The van der Waals surface area contributed by atoms with Gasteiger partial charge in [0.05, 0.1) is 23.6 Å². The van der Waals surface area contributed by atoms with Crippen molar-refractivity contribution >= 4 is 30.3 Å². The van der Waals surface area contributed by atoms with Crippen LogP contribution in [-0.4, -0.2) is 29.5 Å². The highest BCUT2D eigenvalue weighted by molar-refractivity contribution is 6.74. The van der Waals surface area contributed by atoms with Gasteiger partial charge in [-0.05, 0) is 37.0 Å². The second kappa shape index (κ2) is 6.88. The predicted octanol–water partition coefficient (Wildman–Crippen LogP) is 5.39. The van der Waals surface area contributed by atoms with Gasteiger partial charge in [0.1, 0.15) is 5.52 Å². The summed E-state index contributed by atoms with van der Waals surface area (Å²) in [4.78, 5) is 9.01. The molecule has 0 radical (unpaired) electrons. The Hall–Kier alpha value is -1.72. The molecule has 5 heteroatoms. The third-order valence-corrected chi connectivity index (χ3v) is 9.95. The van der Waals surface area contributed by atoms with Gasteiger partial charge >= 0.3 is 0 Å². The summed E-state index contributed by atoms with van der Waals surface area (Å²) in [6.45, 7) is 13.3. The summed E-state index contributed by atoms with van der Waals surface area (Å²) in [5, 5.41) is 1.45. The van der Waals surface area contributed by atoms with Crippen LogP contribution in [-0.2, 0) is 11.0 Å². The Morgan fingerprint density at radius 2 is 1.80 bits per heavy atom. The van der Waals surface area contributed by atoms with Crippen LogP contribution in [0.3, 0.4) is 0 Å². The largest absolute Gasteiger partial charge is 0.417 e. The number of rotatable bonds is 6. The van der Waals surface area contributed by atoms with Gasteiger partial charge in [-0.15, -0.1) is 0 Å². The molecule has 0 N–H and O–H groups in total. The van der Waals surface area contributed by atoms with Crippen LogP contribution in [0.1, 0.15) is 33.6 Å². The minimum Gasteiger partial charge on any atom is -0.417 e. The molecule has 25 heavy (non-hydrogen) atoms. The van der Waals surface area contributed by atoms with Crippen LogP contribution in [0.2, 0.25) is 18.1 Å². The van der Waals surface area contributed by atoms with Crippen molar-refractivity contribution in [2.75, 3.05) is 6.61 Å². The predicted molar refractivity (Wildman–Crippen MR) is 107 cm³/mol. The number of nitrogens with zero attached hydrogens (tertiary/aromatic N) is 3. The summed E-state index contributed by atoms with van der Waals surface area (Å²) in [6.07, 6.45) is 5.98. The number of pyridine rings is 1. The molecule has 0 saturated carbocycles. The number of fused-ring (bicyclic) bond motifs is 3. The van der Waals surface area contributed by atoms with Crippen LogP contribution < -0.4 is 0 Å². The summed E-state index contributed by atoms with van der Waals surface area (Å²) in [6, 6.07) is 8.27. The zero-order valence-electron chi connectivity index (χ0n) is 16.0. The van der Waals surface area contributed by atoms with Gasteiger partial charge in [-0.3, -0.25) is 4.98 Å². The molecule has 0 unspecified atom stereocenters. The summed E-state index contributed by atoms with van der Waals surface area (Å²) in [5.74, 6) is 0. The molecule has 3 aromatic rings. The van der Waals surface area contributed by atoms with E-state index in [0.717, 1.165) is 37.0 Å². The first-order valence-corrected chi connectivity index (χ1v) is 12.0. The third-order valence-electron chi connectivity index (χ3n) is 5.41. The smallest absolute Gasteiger partial charge is 0.191 e. The minimum atomic E-state index is -1.63. The number of hydrogen-bond acceptors (Lipinski definition) is 3. The van der Waals surface area contributed by atoms with E-state index in [1.165, 1.54) is 10.9 Å². The van der Waals surface area contributed by atoms with E-state index in [1.54, 1.807) is 0 Å². The lowest BCUT2D eigenvalue weighted by Gasteiger charge is -2.36. The van der Waals surface area contributed by atoms with Crippen molar-refractivity contribution in [2.24, 2.45) is 0 Å². The molecule has 0 aliphatic heterocycles. The van der Waals surface area contributed by atoms with Crippen molar-refractivity contribution in [3.63, 3.8) is 0 Å². The Balaban J connectivity index is 1.64. The average molecular weight is 356 g/mol. The van der Waals surface area contributed by atoms with Gasteiger partial charge in [-0.25, -0.2) is 4.98 Å². The molecule has 0 fully saturated rings. The normalized spacial score (nSPS) is 13.0. The van der Waals surface area contributed by atoms with E-state index >= 15 is 0 Å². The third kappa shape index (κ3) is 3.77. The molecule has 0 spiro atoms. The summed E-state index contributed by atoms with van der Waals surface area (Å²) in [7, 11) is -1.63. The number of aromatic nitrogens is 3. The van der Waals surface area contributed by atoms with Crippen LogP contribution in [0, 0.1) is 0 Å². The maximum absolute atomic E-state index is 6.28. The minimum absolute atomic E-state index is 0.277. The monoisotopic (exact) mass is 355 g/mol. The molecular weight excluding hydrogens is 326 g/mol. The van der Waals surface area contributed by atoms with Gasteiger partial charge in [-0.1, -0.05) is 39.0 Å². The summed E-state index contributed by atoms with van der Waals surface area (Å²) < 4.78 is 8.53. The number of para-hydroxylation sites is 1. The Bertz CT molecular complexity index is 864. The van der Waals surface area contributed by atoms with Crippen LogP contribution in [0.15, 0.2) is 36.8 Å². The zero-order chi connectivity index (χ0) is 18.1. The van der Waals surface area contributed by atoms with E-state index in [1.807, 2.05) is 18.6 Å². The molecule has 0 amide bonds. The molecule has 3 rings (SSSR count). The van der Waals surface area contributed by atoms with Crippen molar-refractivity contribution in [1.29, 1.82) is 0 Å². The first-order chi connectivity index (χ1) is 11.8. The van der Waals surface area contributed by atoms with E-state index < -0.39 is 8.32 Å². The van der Waals surface area contributed by atoms with E-state index in [0.29, 0.717) is 0 Å². The molecule has 0 saturated heterocycles. The molecule has 2 heterocycles. The molecule has 1 aromatic carbocycles. The van der Waals surface area contributed by atoms with Crippen molar-refractivity contribution in [3.05, 3.63) is 36.8 Å². The highest BCUT2D eigenvalue weighted by atomic mass is 28.4. The standard InChI is InChI=1S/C20H29N3OSi/c1-20(2,3)25(4,5)24-13-9-8-12-23-15-22-18-14-21-17-11-7-6-10-16(17)19(18)23/h6-7,10-11,14-15H,8-9,12-13H2,1-5H3. The Morgan fingerprint density at radius 3 is 2.56 bits per heavy atom. The second-order valence-corrected chi connectivity index (χ2v) is 13.1. The van der Waals surface area contributed by atoms with Gasteiger partial charge < -0.3 is 8.99 Å². The fourth-order valence-corrected chi connectivity index (χ4v) is 3.89. The van der Waals surface area contributed by atoms with Gasteiger partial charge in [-0.2, -0.15) is 0 Å². The second-order valence-electron chi connectivity index (χ2n) is 8.26. The highest BCUT2D eigenvalue weighted by Gasteiger charge is 2.36.